The Morgan fingerprint density at radius 3 is 3.00 bits per heavy atom. The molecule has 0 aromatic rings. The van der Waals surface area contributed by atoms with Gasteiger partial charge in [-0.1, -0.05) is 22.6 Å². The predicted octanol–water partition coefficient (Wildman–Crippen LogP) is 0.752. The molecule has 0 aliphatic carbocycles. The summed E-state index contributed by atoms with van der Waals surface area (Å²) in [6.45, 7) is 3.10. The Morgan fingerprint density at radius 2 is 2.56 bits per heavy atom. The van der Waals surface area contributed by atoms with Crippen LogP contribution in [0.3, 0.4) is 0 Å². The minimum Gasteiger partial charge on any atom is -0.375 e. The van der Waals surface area contributed by atoms with Crippen LogP contribution in [0.25, 0.3) is 0 Å². The second kappa shape index (κ2) is 3.73. The second-order valence-electron chi connectivity index (χ2n) is 2.41. The lowest BCUT2D eigenvalue weighted by Crippen LogP contribution is -2.40. The standard InChI is InChI=1S/C6H12INO/c1-8-2-3-9-6(4-7)5-8/h6H,2-5H2,1H3. The summed E-state index contributed by atoms with van der Waals surface area (Å²) in [4.78, 5) is 2.31. The Morgan fingerprint density at radius 1 is 1.78 bits per heavy atom. The van der Waals surface area contributed by atoms with Crippen LogP contribution in [-0.4, -0.2) is 42.2 Å². The van der Waals surface area contributed by atoms with Gasteiger partial charge in [-0.3, -0.25) is 0 Å². The Hall–Kier alpha value is 0.650. The lowest BCUT2D eigenvalue weighted by molar-refractivity contribution is -0.00446. The lowest BCUT2D eigenvalue weighted by atomic mass is 10.3. The average molecular weight is 241 g/mol. The molecule has 9 heavy (non-hydrogen) atoms. The maximum Gasteiger partial charge on any atom is 0.0791 e. The fourth-order valence-electron chi connectivity index (χ4n) is 0.960. The fraction of sp³-hybridized carbons (Fsp3) is 1.00. The quantitative estimate of drug-likeness (QED) is 0.496. The van der Waals surface area contributed by atoms with Crippen molar-refractivity contribution < 1.29 is 4.74 Å². The minimum atomic E-state index is 0.476. The molecule has 2 nitrogen and oxygen atoms in total. The van der Waals surface area contributed by atoms with Crippen molar-refractivity contribution in [2.75, 3.05) is 31.2 Å². The van der Waals surface area contributed by atoms with E-state index in [4.69, 9.17) is 4.74 Å². The van der Waals surface area contributed by atoms with Crippen molar-refractivity contribution >= 4 is 22.6 Å². The zero-order chi connectivity index (χ0) is 6.69. The molecular formula is C6H12INO. The molecule has 1 aliphatic heterocycles. The van der Waals surface area contributed by atoms with Gasteiger partial charge in [0, 0.05) is 17.5 Å². The van der Waals surface area contributed by atoms with Crippen LogP contribution >= 0.6 is 22.6 Å². The topological polar surface area (TPSA) is 12.5 Å². The highest BCUT2D eigenvalue weighted by Gasteiger charge is 2.15. The van der Waals surface area contributed by atoms with E-state index in [-0.39, 0.29) is 0 Å². The summed E-state index contributed by atoms with van der Waals surface area (Å²) in [5, 5.41) is 0. The lowest BCUT2D eigenvalue weighted by Gasteiger charge is -2.28. The molecule has 0 bridgehead atoms. The Bertz CT molecular complexity index is 89.1. The molecule has 0 aromatic heterocycles. The van der Waals surface area contributed by atoms with Crippen LogP contribution in [0.15, 0.2) is 0 Å². The third-order valence-electron chi connectivity index (χ3n) is 1.51. The van der Waals surface area contributed by atoms with Gasteiger partial charge in [-0.2, -0.15) is 0 Å². The fourth-order valence-corrected chi connectivity index (χ4v) is 1.49. The number of rotatable bonds is 1. The normalized spacial score (nSPS) is 30.7. The summed E-state index contributed by atoms with van der Waals surface area (Å²) >= 11 is 2.37. The highest BCUT2D eigenvalue weighted by molar-refractivity contribution is 14.1. The molecule has 0 N–H and O–H groups in total. The van der Waals surface area contributed by atoms with E-state index in [0.717, 1.165) is 24.1 Å². The van der Waals surface area contributed by atoms with E-state index in [1.165, 1.54) is 0 Å². The van der Waals surface area contributed by atoms with Gasteiger partial charge in [0.25, 0.3) is 0 Å². The van der Waals surface area contributed by atoms with Crippen molar-refractivity contribution in [2.45, 2.75) is 6.10 Å². The molecule has 1 unspecified atom stereocenters. The number of morpholine rings is 1. The van der Waals surface area contributed by atoms with Gasteiger partial charge in [-0.15, -0.1) is 0 Å². The van der Waals surface area contributed by atoms with Gasteiger partial charge in [0.05, 0.1) is 12.7 Å². The zero-order valence-electron chi connectivity index (χ0n) is 5.64. The van der Waals surface area contributed by atoms with Crippen molar-refractivity contribution in [3.63, 3.8) is 0 Å². The van der Waals surface area contributed by atoms with Gasteiger partial charge in [0.15, 0.2) is 0 Å². The van der Waals surface area contributed by atoms with Crippen molar-refractivity contribution in [3.8, 4) is 0 Å². The van der Waals surface area contributed by atoms with E-state index in [2.05, 4.69) is 34.5 Å². The van der Waals surface area contributed by atoms with Crippen LogP contribution in [0.2, 0.25) is 0 Å². The Kier molecular flexibility index (Phi) is 3.21. The number of nitrogens with zero attached hydrogens (tertiary/aromatic N) is 1. The molecule has 3 heteroatoms. The van der Waals surface area contributed by atoms with Gasteiger partial charge in [-0.05, 0) is 7.05 Å². The second-order valence-corrected chi connectivity index (χ2v) is 3.29. The number of likely N-dealkylation sites (N-methyl/N-ethyl adjacent to an activating group) is 1. The van der Waals surface area contributed by atoms with E-state index in [0.29, 0.717) is 6.10 Å². The van der Waals surface area contributed by atoms with Gasteiger partial charge in [0.1, 0.15) is 0 Å². The van der Waals surface area contributed by atoms with Gasteiger partial charge in [-0.25, -0.2) is 0 Å². The van der Waals surface area contributed by atoms with Crippen LogP contribution < -0.4 is 0 Å². The third kappa shape index (κ3) is 2.39. The van der Waals surface area contributed by atoms with Gasteiger partial charge < -0.3 is 9.64 Å². The number of halogens is 1. The summed E-state index contributed by atoms with van der Waals surface area (Å²) in [6, 6.07) is 0. The number of ether oxygens (including phenoxy) is 1. The minimum absolute atomic E-state index is 0.476. The first-order chi connectivity index (χ1) is 4.33. The van der Waals surface area contributed by atoms with Crippen LogP contribution in [0.1, 0.15) is 0 Å². The van der Waals surface area contributed by atoms with E-state index >= 15 is 0 Å². The van der Waals surface area contributed by atoms with Crippen molar-refractivity contribution in [1.82, 2.24) is 4.90 Å². The van der Waals surface area contributed by atoms with Crippen molar-refractivity contribution in [2.24, 2.45) is 0 Å². The maximum absolute atomic E-state index is 5.45. The first-order valence-corrected chi connectivity index (χ1v) is 4.71. The van der Waals surface area contributed by atoms with Crippen LogP contribution in [0, 0.1) is 0 Å². The molecule has 1 heterocycles. The molecule has 0 spiro atoms. The molecular weight excluding hydrogens is 229 g/mol. The first-order valence-electron chi connectivity index (χ1n) is 3.19. The van der Waals surface area contributed by atoms with Crippen LogP contribution in [0.5, 0.6) is 0 Å². The molecule has 0 saturated carbocycles. The monoisotopic (exact) mass is 241 g/mol. The van der Waals surface area contributed by atoms with Gasteiger partial charge in [0.2, 0.25) is 0 Å². The largest absolute Gasteiger partial charge is 0.375 e. The molecule has 1 fully saturated rings. The molecule has 0 amide bonds. The summed E-state index contributed by atoms with van der Waals surface area (Å²) in [5.41, 5.74) is 0. The van der Waals surface area contributed by atoms with E-state index in [9.17, 15) is 0 Å². The SMILES string of the molecule is CN1CCOC(CI)C1. The zero-order valence-corrected chi connectivity index (χ0v) is 7.80. The smallest absolute Gasteiger partial charge is 0.0791 e. The van der Waals surface area contributed by atoms with Crippen LogP contribution in [0.4, 0.5) is 0 Å². The van der Waals surface area contributed by atoms with Gasteiger partial charge >= 0.3 is 0 Å². The maximum atomic E-state index is 5.45. The first kappa shape index (κ1) is 7.75. The molecule has 0 radical (unpaired) electrons. The summed E-state index contributed by atoms with van der Waals surface area (Å²) in [7, 11) is 2.14. The predicted molar refractivity (Wildman–Crippen MR) is 46.1 cm³/mol. The van der Waals surface area contributed by atoms with Crippen molar-refractivity contribution in [1.29, 1.82) is 0 Å². The molecule has 1 aliphatic rings. The number of hydrogen-bond donors (Lipinski definition) is 0. The Labute approximate surface area is 69.7 Å². The molecule has 0 aromatic carbocycles. The van der Waals surface area contributed by atoms with E-state index in [1.807, 2.05) is 0 Å². The summed E-state index contributed by atoms with van der Waals surface area (Å²) < 4.78 is 6.56. The van der Waals surface area contributed by atoms with E-state index in [1.54, 1.807) is 0 Å². The van der Waals surface area contributed by atoms with Crippen LogP contribution in [-0.2, 0) is 4.74 Å². The summed E-state index contributed by atoms with van der Waals surface area (Å²) in [6.07, 6.45) is 0.476. The summed E-state index contributed by atoms with van der Waals surface area (Å²) in [5.74, 6) is 0. The van der Waals surface area contributed by atoms with Crippen molar-refractivity contribution in [3.05, 3.63) is 0 Å². The highest BCUT2D eigenvalue weighted by Crippen LogP contribution is 2.04. The number of hydrogen-bond acceptors (Lipinski definition) is 2. The molecule has 1 atom stereocenters. The molecule has 54 valence electrons. The Balaban J connectivity index is 2.23. The molecule has 1 rings (SSSR count). The molecule has 1 saturated heterocycles. The average Bonchev–Trinajstić information content (AvgIpc) is 1.88. The third-order valence-corrected chi connectivity index (χ3v) is 2.50. The number of alkyl halides is 1. The van der Waals surface area contributed by atoms with E-state index < -0.39 is 0 Å². The highest BCUT2D eigenvalue weighted by atomic mass is 127.